The summed E-state index contributed by atoms with van der Waals surface area (Å²) < 4.78 is 7.00. The Balaban J connectivity index is 1.65. The normalized spacial score (nSPS) is 11.9. The van der Waals surface area contributed by atoms with E-state index in [1.807, 2.05) is 81.0 Å². The van der Waals surface area contributed by atoms with E-state index in [9.17, 15) is 4.79 Å². The first-order valence-corrected chi connectivity index (χ1v) is 9.93. The number of carbonyl (C=O) groups excluding carboxylic acids is 1. The van der Waals surface area contributed by atoms with Gasteiger partial charge in [0.1, 0.15) is 5.75 Å². The van der Waals surface area contributed by atoms with E-state index in [2.05, 4.69) is 10.4 Å². The van der Waals surface area contributed by atoms with Crippen molar-refractivity contribution in [3.63, 3.8) is 0 Å². The van der Waals surface area contributed by atoms with Gasteiger partial charge in [-0.15, -0.1) is 0 Å². The molecule has 3 rings (SSSR count). The van der Waals surface area contributed by atoms with E-state index in [1.165, 1.54) is 0 Å². The summed E-state index contributed by atoms with van der Waals surface area (Å²) in [5, 5.41) is 7.42. The van der Waals surface area contributed by atoms with Crippen LogP contribution in [0, 0.1) is 13.8 Å². The highest BCUT2D eigenvalue weighted by molar-refractivity contribution is 7.99. The molecule has 1 atom stereocenters. The summed E-state index contributed by atoms with van der Waals surface area (Å²) in [6, 6.07) is 15.8. The fraction of sp³-hybridized carbons (Fsp3) is 0.273. The Morgan fingerprint density at radius 1 is 1.07 bits per heavy atom. The average molecular weight is 396 g/mol. The number of nitrogens with zero attached hydrogens (tertiary/aromatic N) is 2. The SMILES string of the molecule is COc1ccc(Sc2ccc(NC(=O)C(C)c3c(C)nn(C)c3C)cc2)cc1. The molecule has 2 aromatic carbocycles. The van der Waals surface area contributed by atoms with Crippen LogP contribution in [-0.4, -0.2) is 22.8 Å². The van der Waals surface area contributed by atoms with Gasteiger partial charge in [-0.25, -0.2) is 0 Å². The molecule has 146 valence electrons. The molecule has 0 fully saturated rings. The third-order valence-electron chi connectivity index (χ3n) is 4.81. The number of amides is 1. The Morgan fingerprint density at radius 2 is 1.64 bits per heavy atom. The van der Waals surface area contributed by atoms with Crippen molar-refractivity contribution in [2.75, 3.05) is 12.4 Å². The van der Waals surface area contributed by atoms with Gasteiger partial charge in [0.25, 0.3) is 0 Å². The van der Waals surface area contributed by atoms with Crippen LogP contribution in [0.5, 0.6) is 5.75 Å². The zero-order valence-corrected chi connectivity index (χ0v) is 17.6. The van der Waals surface area contributed by atoms with E-state index in [1.54, 1.807) is 18.9 Å². The molecule has 0 saturated heterocycles. The first-order chi connectivity index (χ1) is 13.4. The minimum atomic E-state index is -0.262. The zero-order valence-electron chi connectivity index (χ0n) is 16.8. The van der Waals surface area contributed by atoms with E-state index < -0.39 is 0 Å². The van der Waals surface area contributed by atoms with Crippen LogP contribution < -0.4 is 10.1 Å². The van der Waals surface area contributed by atoms with Crippen LogP contribution in [0.15, 0.2) is 58.3 Å². The number of hydrogen-bond donors (Lipinski definition) is 1. The molecule has 3 aromatic rings. The number of rotatable bonds is 6. The third kappa shape index (κ3) is 4.39. The number of anilines is 1. The van der Waals surface area contributed by atoms with Gasteiger partial charge in [-0.3, -0.25) is 9.48 Å². The summed E-state index contributed by atoms with van der Waals surface area (Å²) >= 11 is 1.66. The van der Waals surface area contributed by atoms with E-state index in [0.29, 0.717) is 0 Å². The van der Waals surface area contributed by atoms with E-state index >= 15 is 0 Å². The number of nitrogens with one attached hydrogen (secondary N) is 1. The van der Waals surface area contributed by atoms with Gasteiger partial charge in [-0.1, -0.05) is 11.8 Å². The molecule has 0 bridgehead atoms. The number of aryl methyl sites for hydroxylation is 2. The molecule has 1 amide bonds. The lowest BCUT2D eigenvalue weighted by atomic mass is 9.98. The summed E-state index contributed by atoms with van der Waals surface area (Å²) in [4.78, 5) is 14.9. The number of hydrogen-bond acceptors (Lipinski definition) is 4. The molecule has 0 aliphatic carbocycles. The molecule has 6 heteroatoms. The zero-order chi connectivity index (χ0) is 20.3. The van der Waals surface area contributed by atoms with E-state index in [-0.39, 0.29) is 11.8 Å². The largest absolute Gasteiger partial charge is 0.497 e. The third-order valence-corrected chi connectivity index (χ3v) is 5.82. The lowest BCUT2D eigenvalue weighted by Crippen LogP contribution is -2.19. The first-order valence-electron chi connectivity index (χ1n) is 9.12. The van der Waals surface area contributed by atoms with Crippen molar-refractivity contribution in [1.29, 1.82) is 0 Å². The van der Waals surface area contributed by atoms with Crippen molar-refractivity contribution in [2.45, 2.75) is 36.5 Å². The van der Waals surface area contributed by atoms with Crippen molar-refractivity contribution in [2.24, 2.45) is 7.05 Å². The summed E-state index contributed by atoms with van der Waals surface area (Å²) in [5.41, 5.74) is 3.70. The Labute approximate surface area is 170 Å². The highest BCUT2D eigenvalue weighted by Gasteiger charge is 2.22. The number of aromatic nitrogens is 2. The highest BCUT2D eigenvalue weighted by Crippen LogP contribution is 2.30. The number of ether oxygens (including phenoxy) is 1. The molecule has 1 aromatic heterocycles. The molecular formula is C22H25N3O2S. The Morgan fingerprint density at radius 3 is 2.14 bits per heavy atom. The molecule has 1 heterocycles. The minimum absolute atomic E-state index is 0.0326. The summed E-state index contributed by atoms with van der Waals surface area (Å²) in [5.74, 6) is 0.549. The van der Waals surface area contributed by atoms with Crippen molar-refractivity contribution >= 4 is 23.4 Å². The van der Waals surface area contributed by atoms with E-state index in [0.717, 1.165) is 38.2 Å². The second-order valence-electron chi connectivity index (χ2n) is 6.72. The molecule has 0 saturated carbocycles. The van der Waals surface area contributed by atoms with Crippen LogP contribution >= 0.6 is 11.8 Å². The predicted octanol–water partition coefficient (Wildman–Crippen LogP) is 4.94. The Bertz CT molecular complexity index is 963. The maximum Gasteiger partial charge on any atom is 0.231 e. The molecule has 0 spiro atoms. The van der Waals surface area contributed by atoms with Crippen molar-refractivity contribution in [3.05, 3.63) is 65.5 Å². The molecule has 0 radical (unpaired) electrons. The van der Waals surface area contributed by atoms with Crippen LogP contribution in [0.4, 0.5) is 5.69 Å². The monoisotopic (exact) mass is 395 g/mol. The lowest BCUT2D eigenvalue weighted by molar-refractivity contribution is -0.117. The molecule has 0 aliphatic heterocycles. The summed E-state index contributed by atoms with van der Waals surface area (Å²) in [6.45, 7) is 5.85. The quantitative estimate of drug-likeness (QED) is 0.642. The van der Waals surface area contributed by atoms with Gasteiger partial charge in [0, 0.05) is 33.8 Å². The van der Waals surface area contributed by atoms with Crippen molar-refractivity contribution in [3.8, 4) is 5.75 Å². The smallest absolute Gasteiger partial charge is 0.231 e. The fourth-order valence-corrected chi connectivity index (χ4v) is 4.00. The van der Waals surface area contributed by atoms with Crippen LogP contribution in [0.1, 0.15) is 29.8 Å². The summed E-state index contributed by atoms with van der Waals surface area (Å²) in [7, 11) is 3.56. The fourth-order valence-electron chi connectivity index (χ4n) is 3.18. The van der Waals surface area contributed by atoms with Crippen molar-refractivity contribution in [1.82, 2.24) is 9.78 Å². The van der Waals surface area contributed by atoms with E-state index in [4.69, 9.17) is 4.74 Å². The maximum atomic E-state index is 12.7. The van der Waals surface area contributed by atoms with Gasteiger partial charge < -0.3 is 10.1 Å². The Kier molecular flexibility index (Phi) is 6.09. The lowest BCUT2D eigenvalue weighted by Gasteiger charge is -2.13. The van der Waals surface area contributed by atoms with Gasteiger partial charge in [0.2, 0.25) is 5.91 Å². The number of methoxy groups -OCH3 is 1. The average Bonchev–Trinajstić information content (AvgIpc) is 2.95. The second kappa shape index (κ2) is 8.52. The molecule has 5 nitrogen and oxygen atoms in total. The molecule has 1 unspecified atom stereocenters. The minimum Gasteiger partial charge on any atom is -0.497 e. The summed E-state index contributed by atoms with van der Waals surface area (Å²) in [6.07, 6.45) is 0. The number of benzene rings is 2. The molecule has 1 N–H and O–H groups in total. The Hall–Kier alpha value is -2.73. The molecular weight excluding hydrogens is 370 g/mol. The van der Waals surface area contributed by atoms with Crippen LogP contribution in [0.2, 0.25) is 0 Å². The van der Waals surface area contributed by atoms with Gasteiger partial charge >= 0.3 is 0 Å². The van der Waals surface area contributed by atoms with Crippen LogP contribution in [-0.2, 0) is 11.8 Å². The molecule has 0 aliphatic rings. The molecule has 28 heavy (non-hydrogen) atoms. The van der Waals surface area contributed by atoms with Crippen molar-refractivity contribution < 1.29 is 9.53 Å². The number of carbonyl (C=O) groups is 1. The van der Waals surface area contributed by atoms with Gasteiger partial charge in [0.05, 0.1) is 18.7 Å². The second-order valence-corrected chi connectivity index (χ2v) is 7.87. The maximum absolute atomic E-state index is 12.7. The topological polar surface area (TPSA) is 56.1 Å². The first kappa shape index (κ1) is 20.0. The standard InChI is InChI=1S/C22H25N3O2S/c1-14(21-15(2)24-25(4)16(21)3)22(26)23-17-6-10-19(11-7-17)28-20-12-8-18(27-5)9-13-20/h6-14H,1-5H3,(H,23,26). The van der Waals surface area contributed by atoms with Crippen LogP contribution in [0.3, 0.4) is 0 Å². The van der Waals surface area contributed by atoms with Crippen LogP contribution in [0.25, 0.3) is 0 Å². The van der Waals surface area contributed by atoms with Gasteiger partial charge in [-0.05, 0) is 69.3 Å². The predicted molar refractivity (Wildman–Crippen MR) is 113 cm³/mol. The highest BCUT2D eigenvalue weighted by atomic mass is 32.2. The van der Waals surface area contributed by atoms with Gasteiger partial charge in [0.15, 0.2) is 0 Å². The van der Waals surface area contributed by atoms with Gasteiger partial charge in [-0.2, -0.15) is 5.10 Å².